The van der Waals surface area contributed by atoms with E-state index in [1.807, 2.05) is 45.0 Å². The SMILES string of the molecule is CC(C)(C)OC(=O)N1CCC(Oc2cc3nc(Nc4cccc(F)c4)ncc3cc2CCc2ccccn2)CC1. The molecule has 9 heteroatoms. The maximum atomic E-state index is 13.6. The third kappa shape index (κ3) is 7.22. The molecule has 1 aliphatic rings. The zero-order valence-corrected chi connectivity index (χ0v) is 23.1. The largest absolute Gasteiger partial charge is 0.490 e. The van der Waals surface area contributed by atoms with Crippen molar-refractivity contribution in [1.29, 1.82) is 0 Å². The Hall–Kier alpha value is -4.27. The van der Waals surface area contributed by atoms with Gasteiger partial charge in [0.25, 0.3) is 0 Å². The van der Waals surface area contributed by atoms with Crippen LogP contribution in [-0.4, -0.2) is 50.7 Å². The lowest BCUT2D eigenvalue weighted by Gasteiger charge is -2.33. The van der Waals surface area contributed by atoms with Crippen molar-refractivity contribution in [3.63, 3.8) is 0 Å². The van der Waals surface area contributed by atoms with E-state index in [1.54, 1.807) is 29.4 Å². The number of pyridine rings is 1. The number of aromatic nitrogens is 3. The number of nitrogens with zero attached hydrogens (tertiary/aromatic N) is 4. The lowest BCUT2D eigenvalue weighted by atomic mass is 10.0. The van der Waals surface area contributed by atoms with E-state index in [-0.39, 0.29) is 18.0 Å². The second kappa shape index (κ2) is 11.9. The molecule has 3 heterocycles. The number of fused-ring (bicyclic) bond motifs is 1. The third-order valence-corrected chi connectivity index (χ3v) is 6.61. The highest BCUT2D eigenvalue weighted by molar-refractivity contribution is 5.82. The van der Waals surface area contributed by atoms with E-state index in [0.717, 1.165) is 40.8 Å². The van der Waals surface area contributed by atoms with Gasteiger partial charge in [0.15, 0.2) is 0 Å². The topological polar surface area (TPSA) is 89.5 Å². The van der Waals surface area contributed by atoms with E-state index in [0.29, 0.717) is 37.6 Å². The van der Waals surface area contributed by atoms with Gasteiger partial charge in [0.2, 0.25) is 5.95 Å². The number of amides is 1. The molecule has 0 bridgehead atoms. The Morgan fingerprint density at radius 3 is 2.60 bits per heavy atom. The predicted molar refractivity (Wildman–Crippen MR) is 152 cm³/mol. The molecule has 0 unspecified atom stereocenters. The predicted octanol–water partition coefficient (Wildman–Crippen LogP) is 6.47. The normalized spacial score (nSPS) is 14.2. The molecule has 2 aromatic heterocycles. The van der Waals surface area contributed by atoms with E-state index in [1.165, 1.54) is 12.1 Å². The van der Waals surface area contributed by atoms with Crippen molar-refractivity contribution in [1.82, 2.24) is 19.9 Å². The summed E-state index contributed by atoms with van der Waals surface area (Å²) in [6.45, 7) is 6.75. The number of benzene rings is 2. The van der Waals surface area contributed by atoms with Gasteiger partial charge in [-0.3, -0.25) is 4.98 Å². The molecule has 0 atom stereocenters. The van der Waals surface area contributed by atoms with Crippen LogP contribution < -0.4 is 10.1 Å². The molecule has 1 saturated heterocycles. The fourth-order valence-electron chi connectivity index (χ4n) is 4.64. The number of piperidine rings is 1. The van der Waals surface area contributed by atoms with Crippen LogP contribution in [0.4, 0.5) is 20.8 Å². The minimum Gasteiger partial charge on any atom is -0.490 e. The number of carbonyl (C=O) groups is 1. The van der Waals surface area contributed by atoms with E-state index >= 15 is 0 Å². The molecule has 5 rings (SSSR count). The van der Waals surface area contributed by atoms with Gasteiger partial charge in [-0.2, -0.15) is 0 Å². The summed E-state index contributed by atoms with van der Waals surface area (Å²) in [5.74, 6) is 0.794. The van der Waals surface area contributed by atoms with Gasteiger partial charge in [0.05, 0.1) is 5.52 Å². The summed E-state index contributed by atoms with van der Waals surface area (Å²) in [4.78, 5) is 27.8. The molecule has 4 aromatic rings. The fourth-order valence-corrected chi connectivity index (χ4v) is 4.64. The Labute approximate surface area is 233 Å². The highest BCUT2D eigenvalue weighted by atomic mass is 19.1. The standard InChI is InChI=1S/C31H34FN5O3/c1-31(2,3)40-30(38)37-15-12-26(13-16-37)39-28-19-27-22(17-21(28)10-11-24-8-4-5-14-33-24)20-34-29(36-27)35-25-9-6-7-23(32)18-25/h4-9,14,17-20,26H,10-13,15-16H2,1-3H3,(H,34,35,36). The number of carbonyl (C=O) groups excluding carboxylic acids is 1. The van der Waals surface area contributed by atoms with Gasteiger partial charge in [0.1, 0.15) is 23.3 Å². The molecule has 0 aliphatic carbocycles. The van der Waals surface area contributed by atoms with E-state index < -0.39 is 5.60 Å². The Morgan fingerprint density at radius 2 is 1.88 bits per heavy atom. The maximum absolute atomic E-state index is 13.6. The molecule has 1 aliphatic heterocycles. The summed E-state index contributed by atoms with van der Waals surface area (Å²) in [5, 5.41) is 3.95. The van der Waals surface area contributed by atoms with Crippen LogP contribution in [-0.2, 0) is 17.6 Å². The molecule has 1 N–H and O–H groups in total. The van der Waals surface area contributed by atoms with Crippen LogP contribution in [0.2, 0.25) is 0 Å². The highest BCUT2D eigenvalue weighted by Gasteiger charge is 2.28. The first-order valence-electron chi connectivity index (χ1n) is 13.6. The fraction of sp³-hybridized carbons (Fsp3) is 0.355. The van der Waals surface area contributed by atoms with Crippen molar-refractivity contribution in [2.24, 2.45) is 0 Å². The number of aryl methyl sites for hydroxylation is 2. The third-order valence-electron chi connectivity index (χ3n) is 6.61. The summed E-state index contributed by atoms with van der Waals surface area (Å²) in [7, 11) is 0. The molecule has 208 valence electrons. The average molecular weight is 544 g/mol. The molecule has 0 radical (unpaired) electrons. The van der Waals surface area contributed by atoms with Crippen molar-refractivity contribution >= 4 is 28.6 Å². The molecule has 1 amide bonds. The van der Waals surface area contributed by atoms with Crippen LogP contribution in [0.5, 0.6) is 5.75 Å². The number of nitrogens with one attached hydrogen (secondary N) is 1. The number of anilines is 2. The van der Waals surface area contributed by atoms with Crippen LogP contribution >= 0.6 is 0 Å². The number of hydrogen-bond acceptors (Lipinski definition) is 7. The van der Waals surface area contributed by atoms with Crippen LogP contribution in [0, 0.1) is 5.82 Å². The number of hydrogen-bond donors (Lipinski definition) is 1. The zero-order valence-electron chi connectivity index (χ0n) is 23.1. The van der Waals surface area contributed by atoms with E-state index in [9.17, 15) is 9.18 Å². The molecular formula is C31H34FN5O3. The molecule has 2 aromatic carbocycles. The van der Waals surface area contributed by atoms with Gasteiger partial charge in [-0.1, -0.05) is 12.1 Å². The van der Waals surface area contributed by atoms with Crippen LogP contribution in [0.1, 0.15) is 44.9 Å². The van der Waals surface area contributed by atoms with Crippen LogP contribution in [0.3, 0.4) is 0 Å². The van der Waals surface area contributed by atoms with Gasteiger partial charge in [-0.15, -0.1) is 0 Å². The first-order valence-corrected chi connectivity index (χ1v) is 13.6. The average Bonchev–Trinajstić information content (AvgIpc) is 2.92. The van der Waals surface area contributed by atoms with Crippen LogP contribution in [0.25, 0.3) is 10.9 Å². The Kier molecular flexibility index (Phi) is 8.09. The Bertz CT molecular complexity index is 1470. The van der Waals surface area contributed by atoms with Crippen LogP contribution in [0.15, 0.2) is 67.0 Å². The summed E-state index contributed by atoms with van der Waals surface area (Å²) in [6, 6.07) is 16.1. The summed E-state index contributed by atoms with van der Waals surface area (Å²) < 4.78 is 25.7. The zero-order chi connectivity index (χ0) is 28.1. The lowest BCUT2D eigenvalue weighted by Crippen LogP contribution is -2.44. The van der Waals surface area contributed by atoms with Crippen molar-refractivity contribution in [2.45, 2.75) is 58.2 Å². The van der Waals surface area contributed by atoms with Crippen molar-refractivity contribution in [3.8, 4) is 5.75 Å². The van der Waals surface area contributed by atoms with Gasteiger partial charge in [-0.25, -0.2) is 19.2 Å². The molecule has 8 nitrogen and oxygen atoms in total. The minimum atomic E-state index is -0.526. The summed E-state index contributed by atoms with van der Waals surface area (Å²) in [6.07, 6.45) is 6.13. The Balaban J connectivity index is 1.35. The first kappa shape index (κ1) is 27.3. The second-order valence-electron chi connectivity index (χ2n) is 11.0. The monoisotopic (exact) mass is 543 g/mol. The molecule has 40 heavy (non-hydrogen) atoms. The van der Waals surface area contributed by atoms with Crippen molar-refractivity contribution < 1.29 is 18.7 Å². The second-order valence-corrected chi connectivity index (χ2v) is 11.0. The van der Waals surface area contributed by atoms with Crippen molar-refractivity contribution in [2.75, 3.05) is 18.4 Å². The number of likely N-dealkylation sites (tertiary alicyclic amines) is 1. The molecule has 0 spiro atoms. The van der Waals surface area contributed by atoms with Gasteiger partial charge < -0.3 is 19.7 Å². The van der Waals surface area contributed by atoms with Crippen molar-refractivity contribution in [3.05, 3.63) is 84.1 Å². The highest BCUT2D eigenvalue weighted by Crippen LogP contribution is 2.30. The van der Waals surface area contributed by atoms with Gasteiger partial charge in [0, 0.05) is 61.2 Å². The lowest BCUT2D eigenvalue weighted by molar-refractivity contribution is 0.0126. The Morgan fingerprint density at radius 1 is 1.05 bits per heavy atom. The quantitative estimate of drug-likeness (QED) is 0.286. The minimum absolute atomic E-state index is 0.0449. The number of halogens is 1. The first-order chi connectivity index (χ1) is 19.2. The smallest absolute Gasteiger partial charge is 0.410 e. The molecule has 0 saturated carbocycles. The van der Waals surface area contributed by atoms with Gasteiger partial charge in [-0.05, 0) is 75.6 Å². The maximum Gasteiger partial charge on any atom is 0.410 e. The van der Waals surface area contributed by atoms with E-state index in [4.69, 9.17) is 9.47 Å². The van der Waals surface area contributed by atoms with E-state index in [2.05, 4.69) is 26.3 Å². The molecule has 1 fully saturated rings. The summed E-state index contributed by atoms with van der Waals surface area (Å²) >= 11 is 0. The number of ether oxygens (including phenoxy) is 2. The molecular weight excluding hydrogens is 509 g/mol. The summed E-state index contributed by atoms with van der Waals surface area (Å²) in [5.41, 5.74) is 2.81. The number of rotatable bonds is 7. The van der Waals surface area contributed by atoms with Gasteiger partial charge >= 0.3 is 6.09 Å².